The molecule has 30 heavy (non-hydrogen) atoms. The van der Waals surface area contributed by atoms with Gasteiger partial charge in [-0.05, 0) is 54.2 Å². The van der Waals surface area contributed by atoms with E-state index in [9.17, 15) is 8.42 Å². The van der Waals surface area contributed by atoms with Gasteiger partial charge in [0.15, 0.2) is 5.96 Å². The minimum atomic E-state index is -3.68. The molecule has 0 heterocycles. The van der Waals surface area contributed by atoms with Crippen LogP contribution in [0.1, 0.15) is 31.9 Å². The highest BCUT2D eigenvalue weighted by Gasteiger charge is 2.19. The minimum Gasteiger partial charge on any atom is -0.357 e. The number of sulfonamides is 1. The van der Waals surface area contributed by atoms with Crippen molar-refractivity contribution in [2.45, 2.75) is 38.6 Å². The highest BCUT2D eigenvalue weighted by atomic mass is 127. The van der Waals surface area contributed by atoms with Crippen molar-refractivity contribution >= 4 is 51.6 Å². The number of hydrogen-bond donors (Lipinski definition) is 3. The van der Waals surface area contributed by atoms with Crippen LogP contribution in [-0.2, 0) is 23.0 Å². The molecule has 0 aliphatic heterocycles. The third-order valence-electron chi connectivity index (χ3n) is 4.32. The van der Waals surface area contributed by atoms with Gasteiger partial charge in [-0.3, -0.25) is 0 Å². The predicted octanol–water partition coefficient (Wildman–Crippen LogP) is 3.93. The molecule has 0 fully saturated rings. The summed E-state index contributed by atoms with van der Waals surface area (Å²) in [7, 11) is -3.68. The molecule has 0 aliphatic carbocycles. The maximum absolute atomic E-state index is 11.3. The SMILES string of the molecule is CCNC(=NCc1ccc(S(N)(=O)=O)cc1)NCC(C)(C)Cc1cccc(Cl)c1.I. The van der Waals surface area contributed by atoms with E-state index in [1.807, 2.05) is 25.1 Å². The normalized spacial score (nSPS) is 12.2. The van der Waals surface area contributed by atoms with Crippen LogP contribution in [-0.4, -0.2) is 27.5 Å². The lowest BCUT2D eigenvalue weighted by Gasteiger charge is -2.26. The summed E-state index contributed by atoms with van der Waals surface area (Å²) in [6.45, 7) is 8.29. The lowest BCUT2D eigenvalue weighted by atomic mass is 9.86. The molecule has 0 aromatic heterocycles. The van der Waals surface area contributed by atoms with E-state index in [0.29, 0.717) is 12.5 Å². The Kier molecular flexibility index (Phi) is 10.6. The molecule has 2 aromatic carbocycles. The van der Waals surface area contributed by atoms with Gasteiger partial charge in [-0.1, -0.05) is 49.7 Å². The number of halogens is 2. The van der Waals surface area contributed by atoms with Crippen LogP contribution >= 0.6 is 35.6 Å². The number of hydrogen-bond acceptors (Lipinski definition) is 3. The molecule has 0 saturated heterocycles. The van der Waals surface area contributed by atoms with Crippen molar-refractivity contribution in [3.8, 4) is 0 Å². The lowest BCUT2D eigenvalue weighted by molar-refractivity contribution is 0.359. The van der Waals surface area contributed by atoms with Crippen molar-refractivity contribution in [1.82, 2.24) is 10.6 Å². The van der Waals surface area contributed by atoms with E-state index >= 15 is 0 Å². The summed E-state index contributed by atoms with van der Waals surface area (Å²) < 4.78 is 22.7. The number of benzene rings is 2. The molecule has 166 valence electrons. The highest BCUT2D eigenvalue weighted by Crippen LogP contribution is 2.22. The number of aliphatic imine (C=N–C) groups is 1. The Morgan fingerprint density at radius 2 is 1.77 bits per heavy atom. The number of primary sulfonamides is 1. The van der Waals surface area contributed by atoms with E-state index in [1.54, 1.807) is 12.1 Å². The van der Waals surface area contributed by atoms with Gasteiger partial charge < -0.3 is 10.6 Å². The molecule has 4 N–H and O–H groups in total. The maximum atomic E-state index is 11.3. The molecular formula is C21H30ClIN4O2S. The quantitative estimate of drug-likeness (QED) is 0.257. The number of guanidine groups is 1. The predicted molar refractivity (Wildman–Crippen MR) is 135 cm³/mol. The molecule has 0 atom stereocenters. The first-order chi connectivity index (χ1) is 13.6. The fourth-order valence-corrected chi connectivity index (χ4v) is 3.61. The average molecular weight is 565 g/mol. The molecule has 0 radical (unpaired) electrons. The highest BCUT2D eigenvalue weighted by molar-refractivity contribution is 14.0. The summed E-state index contributed by atoms with van der Waals surface area (Å²) in [6.07, 6.45) is 0.884. The molecule has 0 aliphatic rings. The molecule has 0 amide bonds. The zero-order valence-electron chi connectivity index (χ0n) is 17.5. The summed E-state index contributed by atoms with van der Waals surface area (Å²) in [6, 6.07) is 14.3. The first kappa shape index (κ1) is 26.7. The molecule has 2 aromatic rings. The van der Waals surface area contributed by atoms with Crippen LogP contribution in [0, 0.1) is 5.41 Å². The van der Waals surface area contributed by atoms with Crippen LogP contribution in [0.4, 0.5) is 0 Å². The van der Waals surface area contributed by atoms with Crippen molar-refractivity contribution in [3.63, 3.8) is 0 Å². The zero-order chi connectivity index (χ0) is 21.5. The zero-order valence-corrected chi connectivity index (χ0v) is 21.4. The Morgan fingerprint density at radius 3 is 2.33 bits per heavy atom. The minimum absolute atomic E-state index is 0. The van der Waals surface area contributed by atoms with Crippen LogP contribution in [0.25, 0.3) is 0 Å². The number of nitrogens with two attached hydrogens (primary N) is 1. The molecular weight excluding hydrogens is 535 g/mol. The van der Waals surface area contributed by atoms with E-state index in [-0.39, 0.29) is 34.3 Å². The largest absolute Gasteiger partial charge is 0.357 e. The van der Waals surface area contributed by atoms with Gasteiger partial charge in [0.05, 0.1) is 11.4 Å². The number of nitrogens with zero attached hydrogens (tertiary/aromatic N) is 1. The van der Waals surface area contributed by atoms with E-state index in [1.165, 1.54) is 17.7 Å². The molecule has 0 bridgehead atoms. The molecule has 0 unspecified atom stereocenters. The van der Waals surface area contributed by atoms with Gasteiger partial charge >= 0.3 is 0 Å². The van der Waals surface area contributed by atoms with Gasteiger partial charge in [0.1, 0.15) is 0 Å². The van der Waals surface area contributed by atoms with Gasteiger partial charge in [-0.25, -0.2) is 18.5 Å². The third kappa shape index (κ3) is 9.20. The van der Waals surface area contributed by atoms with Crippen molar-refractivity contribution in [2.75, 3.05) is 13.1 Å². The van der Waals surface area contributed by atoms with Crippen LogP contribution in [0.5, 0.6) is 0 Å². The van der Waals surface area contributed by atoms with Gasteiger partial charge in [0, 0.05) is 18.1 Å². The van der Waals surface area contributed by atoms with Crippen molar-refractivity contribution in [1.29, 1.82) is 0 Å². The summed E-state index contributed by atoms with van der Waals surface area (Å²) >= 11 is 6.09. The average Bonchev–Trinajstić information content (AvgIpc) is 2.63. The standard InChI is InChI=1S/C21H29ClN4O2S.HI/c1-4-24-20(25-14-16-8-10-19(11-9-16)29(23,27)28)26-15-21(2,3)13-17-6-5-7-18(22)12-17;/h5-12H,4,13-15H2,1-3H3,(H2,23,27,28)(H2,24,25,26);1H. The molecule has 6 nitrogen and oxygen atoms in total. The van der Waals surface area contributed by atoms with E-state index in [2.05, 4.69) is 35.5 Å². The van der Waals surface area contributed by atoms with E-state index in [0.717, 1.165) is 30.1 Å². The Hall–Kier alpha value is -1.36. The number of rotatable bonds is 8. The van der Waals surface area contributed by atoms with Crippen LogP contribution in [0.3, 0.4) is 0 Å². The first-order valence-corrected chi connectivity index (χ1v) is 11.4. The summed E-state index contributed by atoms with van der Waals surface area (Å²) in [5.74, 6) is 0.710. The Labute approximate surface area is 201 Å². The van der Waals surface area contributed by atoms with Gasteiger partial charge in [-0.2, -0.15) is 0 Å². The molecule has 9 heteroatoms. The maximum Gasteiger partial charge on any atom is 0.238 e. The van der Waals surface area contributed by atoms with E-state index < -0.39 is 10.0 Å². The second-order valence-corrected chi connectivity index (χ2v) is 9.71. The van der Waals surface area contributed by atoms with Crippen LogP contribution < -0.4 is 15.8 Å². The second-order valence-electron chi connectivity index (χ2n) is 7.71. The van der Waals surface area contributed by atoms with Gasteiger partial charge in [-0.15, -0.1) is 24.0 Å². The fourth-order valence-electron chi connectivity index (χ4n) is 2.88. The van der Waals surface area contributed by atoms with Crippen LogP contribution in [0.2, 0.25) is 5.02 Å². The van der Waals surface area contributed by atoms with Crippen LogP contribution in [0.15, 0.2) is 58.4 Å². The smallest absolute Gasteiger partial charge is 0.238 e. The Bertz CT molecular complexity index is 948. The Morgan fingerprint density at radius 1 is 1.10 bits per heavy atom. The third-order valence-corrected chi connectivity index (χ3v) is 5.49. The summed E-state index contributed by atoms with van der Waals surface area (Å²) in [5, 5.41) is 12.5. The van der Waals surface area contributed by atoms with Gasteiger partial charge in [0.25, 0.3) is 0 Å². The number of nitrogens with one attached hydrogen (secondary N) is 2. The van der Waals surface area contributed by atoms with Crippen molar-refractivity contribution < 1.29 is 8.42 Å². The second kappa shape index (κ2) is 11.9. The van der Waals surface area contributed by atoms with Gasteiger partial charge in [0.2, 0.25) is 10.0 Å². The van der Waals surface area contributed by atoms with Crippen molar-refractivity contribution in [3.05, 3.63) is 64.7 Å². The monoisotopic (exact) mass is 564 g/mol. The fraction of sp³-hybridized carbons (Fsp3) is 0.381. The Balaban J connectivity index is 0.00000450. The first-order valence-electron chi connectivity index (χ1n) is 9.47. The summed E-state index contributed by atoms with van der Waals surface area (Å²) in [4.78, 5) is 4.69. The molecule has 2 rings (SSSR count). The topological polar surface area (TPSA) is 96.6 Å². The van der Waals surface area contributed by atoms with Crippen molar-refractivity contribution in [2.24, 2.45) is 15.5 Å². The summed E-state index contributed by atoms with van der Waals surface area (Å²) in [5.41, 5.74) is 2.09. The molecule has 0 spiro atoms. The molecule has 0 saturated carbocycles. The van der Waals surface area contributed by atoms with E-state index in [4.69, 9.17) is 16.7 Å². The lowest BCUT2D eigenvalue weighted by Crippen LogP contribution is -2.42.